The Balaban J connectivity index is 1.75. The number of phenols is 1. The van der Waals surface area contributed by atoms with Crippen LogP contribution < -0.4 is 5.43 Å². The van der Waals surface area contributed by atoms with Crippen LogP contribution in [0.25, 0.3) is 11.0 Å². The van der Waals surface area contributed by atoms with Crippen LogP contribution in [-0.4, -0.2) is 15.9 Å². The summed E-state index contributed by atoms with van der Waals surface area (Å²) in [5, 5.41) is 10.5. The maximum Gasteiger partial charge on any atom is 0.291 e. The second kappa shape index (κ2) is 7.34. The van der Waals surface area contributed by atoms with Crippen LogP contribution in [0.3, 0.4) is 0 Å². The second-order valence-corrected chi connectivity index (χ2v) is 8.19. The average Bonchev–Trinajstić information content (AvgIpc) is 3.03. The van der Waals surface area contributed by atoms with Crippen LogP contribution in [0.4, 0.5) is 4.39 Å². The van der Waals surface area contributed by atoms with Gasteiger partial charge in [0.1, 0.15) is 17.1 Å². The summed E-state index contributed by atoms with van der Waals surface area (Å²) in [7, 11) is 0. The van der Waals surface area contributed by atoms with Gasteiger partial charge in [-0.3, -0.25) is 9.59 Å². The summed E-state index contributed by atoms with van der Waals surface area (Å²) < 4.78 is 19.4. The number of fused-ring (bicyclic) bond motifs is 2. The molecule has 4 aromatic rings. The smallest absolute Gasteiger partial charge is 0.291 e. The number of hydrogen-bond acceptors (Lipinski definition) is 4. The fourth-order valence-electron chi connectivity index (χ4n) is 4.47. The fraction of sp³-hybridized carbons (Fsp3) is 0.154. The van der Waals surface area contributed by atoms with E-state index >= 15 is 0 Å². The SMILES string of the molecule is Cc1cc(C)c2oc3c(c(=O)c2c1)[C@H](c1cccc(O)c1)N(Cc1ccc(F)cc1)C3=O. The highest BCUT2D eigenvalue weighted by atomic mass is 19.1. The molecule has 0 unspecified atom stereocenters. The van der Waals surface area contributed by atoms with Gasteiger partial charge in [-0.2, -0.15) is 0 Å². The summed E-state index contributed by atoms with van der Waals surface area (Å²) in [5.41, 5.74) is 3.38. The lowest BCUT2D eigenvalue weighted by Crippen LogP contribution is -2.29. The Kier molecular flexibility index (Phi) is 4.59. The van der Waals surface area contributed by atoms with Gasteiger partial charge in [0.25, 0.3) is 5.91 Å². The largest absolute Gasteiger partial charge is 0.508 e. The minimum absolute atomic E-state index is 0.00454. The molecule has 1 aliphatic heterocycles. The van der Waals surface area contributed by atoms with Gasteiger partial charge in [0, 0.05) is 6.54 Å². The Labute approximate surface area is 183 Å². The van der Waals surface area contributed by atoms with E-state index in [1.54, 1.807) is 30.3 Å². The van der Waals surface area contributed by atoms with E-state index in [2.05, 4.69) is 0 Å². The predicted molar refractivity (Wildman–Crippen MR) is 118 cm³/mol. The van der Waals surface area contributed by atoms with E-state index in [-0.39, 0.29) is 34.9 Å². The zero-order valence-corrected chi connectivity index (χ0v) is 17.6. The van der Waals surface area contributed by atoms with Crippen molar-refractivity contribution < 1.29 is 18.7 Å². The van der Waals surface area contributed by atoms with Crippen LogP contribution >= 0.6 is 0 Å². The van der Waals surface area contributed by atoms with E-state index in [0.29, 0.717) is 22.1 Å². The summed E-state index contributed by atoms with van der Waals surface area (Å²) in [4.78, 5) is 28.6. The first kappa shape index (κ1) is 20.0. The Morgan fingerprint density at radius 3 is 2.50 bits per heavy atom. The molecule has 0 bridgehead atoms. The van der Waals surface area contributed by atoms with Crippen molar-refractivity contribution in [1.82, 2.24) is 4.90 Å². The molecule has 160 valence electrons. The lowest BCUT2D eigenvalue weighted by atomic mass is 9.97. The minimum Gasteiger partial charge on any atom is -0.508 e. The van der Waals surface area contributed by atoms with Crippen molar-refractivity contribution in [3.63, 3.8) is 0 Å². The van der Waals surface area contributed by atoms with Gasteiger partial charge in [-0.15, -0.1) is 0 Å². The van der Waals surface area contributed by atoms with Gasteiger partial charge in [-0.1, -0.05) is 30.3 Å². The van der Waals surface area contributed by atoms with Crippen molar-refractivity contribution >= 4 is 16.9 Å². The van der Waals surface area contributed by atoms with Gasteiger partial charge in [0.2, 0.25) is 5.76 Å². The molecule has 1 atom stereocenters. The first-order valence-corrected chi connectivity index (χ1v) is 10.3. The molecule has 1 aromatic heterocycles. The molecule has 1 aliphatic rings. The third kappa shape index (κ3) is 3.15. The predicted octanol–water partition coefficient (Wildman–Crippen LogP) is 5.00. The van der Waals surface area contributed by atoms with Gasteiger partial charge in [0.15, 0.2) is 5.43 Å². The fourth-order valence-corrected chi connectivity index (χ4v) is 4.47. The molecular weight excluding hydrogens is 409 g/mol. The lowest BCUT2D eigenvalue weighted by molar-refractivity contribution is 0.0714. The highest BCUT2D eigenvalue weighted by Gasteiger charge is 2.43. The van der Waals surface area contributed by atoms with Crippen molar-refractivity contribution in [2.45, 2.75) is 26.4 Å². The minimum atomic E-state index is -0.740. The Morgan fingerprint density at radius 2 is 1.78 bits per heavy atom. The van der Waals surface area contributed by atoms with Crippen molar-refractivity contribution in [3.05, 3.63) is 110 Å². The number of benzene rings is 3. The number of carbonyl (C=O) groups is 1. The Hall–Kier alpha value is -3.93. The van der Waals surface area contributed by atoms with Crippen molar-refractivity contribution in [2.24, 2.45) is 0 Å². The number of nitrogens with zero attached hydrogens (tertiary/aromatic N) is 1. The summed E-state index contributed by atoms with van der Waals surface area (Å²) >= 11 is 0. The van der Waals surface area contributed by atoms with E-state index in [9.17, 15) is 19.1 Å². The van der Waals surface area contributed by atoms with E-state index < -0.39 is 11.9 Å². The Morgan fingerprint density at radius 1 is 1.03 bits per heavy atom. The molecule has 0 radical (unpaired) electrons. The number of aryl methyl sites for hydroxylation is 2. The topological polar surface area (TPSA) is 70.8 Å². The summed E-state index contributed by atoms with van der Waals surface area (Å²) in [6.45, 7) is 3.89. The van der Waals surface area contributed by atoms with Crippen molar-refractivity contribution in [3.8, 4) is 5.75 Å². The zero-order chi connectivity index (χ0) is 22.6. The molecule has 0 saturated carbocycles. The third-order valence-electron chi connectivity index (χ3n) is 5.85. The molecule has 1 amide bonds. The number of halogens is 1. The summed E-state index contributed by atoms with van der Waals surface area (Å²) in [6, 6.07) is 15.3. The van der Waals surface area contributed by atoms with Crippen LogP contribution in [0.1, 0.15) is 44.4 Å². The van der Waals surface area contributed by atoms with E-state index in [4.69, 9.17) is 4.42 Å². The number of rotatable bonds is 3. The molecule has 32 heavy (non-hydrogen) atoms. The number of phenolic OH excluding ortho intramolecular Hbond substituents is 1. The van der Waals surface area contributed by atoms with Gasteiger partial charge >= 0.3 is 0 Å². The number of amides is 1. The molecule has 0 saturated heterocycles. The molecule has 0 fully saturated rings. The van der Waals surface area contributed by atoms with Crippen LogP contribution in [-0.2, 0) is 6.54 Å². The van der Waals surface area contributed by atoms with Crippen molar-refractivity contribution in [1.29, 1.82) is 0 Å². The lowest BCUT2D eigenvalue weighted by Gasteiger charge is -2.25. The summed E-state index contributed by atoms with van der Waals surface area (Å²) in [6.07, 6.45) is 0. The molecule has 0 spiro atoms. The molecule has 5 rings (SSSR count). The first-order valence-electron chi connectivity index (χ1n) is 10.3. The molecular formula is C26H20FNO4. The monoisotopic (exact) mass is 429 g/mol. The molecule has 2 heterocycles. The summed E-state index contributed by atoms with van der Waals surface area (Å²) in [5.74, 6) is -0.758. The number of carbonyl (C=O) groups excluding carboxylic acids is 1. The highest BCUT2D eigenvalue weighted by Crippen LogP contribution is 2.40. The van der Waals surface area contributed by atoms with Crippen LogP contribution in [0.15, 0.2) is 69.9 Å². The maximum atomic E-state index is 13.6. The zero-order valence-electron chi connectivity index (χ0n) is 17.6. The number of aromatic hydroxyl groups is 1. The van der Waals surface area contributed by atoms with E-state index in [1.807, 2.05) is 19.9 Å². The van der Waals surface area contributed by atoms with Crippen molar-refractivity contribution in [2.75, 3.05) is 0 Å². The van der Waals surface area contributed by atoms with Crippen LogP contribution in [0.5, 0.6) is 5.75 Å². The second-order valence-electron chi connectivity index (χ2n) is 8.19. The molecule has 3 aromatic carbocycles. The Bertz CT molecular complexity index is 1440. The standard InChI is InChI=1S/C26H20FNO4/c1-14-10-15(2)24-20(11-14)23(30)21-22(17-4-3-5-19(29)12-17)28(26(31)25(21)32-24)13-16-6-8-18(27)9-7-16/h3-12,22,29H,13H2,1-2H3/t22-/m0/s1. The normalized spacial score (nSPS) is 15.4. The third-order valence-corrected chi connectivity index (χ3v) is 5.85. The molecule has 5 nitrogen and oxygen atoms in total. The molecule has 0 aliphatic carbocycles. The number of hydrogen-bond donors (Lipinski definition) is 1. The highest BCUT2D eigenvalue weighted by molar-refractivity contribution is 5.99. The van der Waals surface area contributed by atoms with Crippen LogP contribution in [0.2, 0.25) is 0 Å². The van der Waals surface area contributed by atoms with Gasteiger partial charge in [-0.05, 0) is 66.4 Å². The molecule has 1 N–H and O–H groups in total. The van der Waals surface area contributed by atoms with Crippen LogP contribution in [0, 0.1) is 19.7 Å². The average molecular weight is 429 g/mol. The van der Waals surface area contributed by atoms with Gasteiger partial charge in [0.05, 0.1) is 17.0 Å². The quantitative estimate of drug-likeness (QED) is 0.498. The van der Waals surface area contributed by atoms with Gasteiger partial charge < -0.3 is 14.4 Å². The maximum absolute atomic E-state index is 13.6. The molecule has 6 heteroatoms. The first-order chi connectivity index (χ1) is 15.3. The van der Waals surface area contributed by atoms with E-state index in [1.165, 1.54) is 29.2 Å². The van der Waals surface area contributed by atoms with Gasteiger partial charge in [-0.25, -0.2) is 4.39 Å². The van der Waals surface area contributed by atoms with E-state index in [0.717, 1.165) is 11.1 Å².